The van der Waals surface area contributed by atoms with Crippen LogP contribution in [0.2, 0.25) is 0 Å². The minimum Gasteiger partial charge on any atom is -0.484 e. The van der Waals surface area contributed by atoms with E-state index in [0.717, 1.165) is 44.2 Å². The summed E-state index contributed by atoms with van der Waals surface area (Å²) < 4.78 is 10.9. The molecule has 7 heteroatoms. The lowest BCUT2D eigenvalue weighted by atomic mass is 10.2. The molecular weight excluding hydrogens is 332 g/mol. The highest BCUT2D eigenvalue weighted by Gasteiger charge is 2.01. The number of primary amides is 1. The maximum atomic E-state index is 10.8. The first-order valence-corrected chi connectivity index (χ1v) is 9.11. The maximum absolute atomic E-state index is 10.8. The second-order valence-electron chi connectivity index (χ2n) is 6.35. The number of aliphatic imine (C=N–C) groups is 1. The van der Waals surface area contributed by atoms with E-state index in [0.29, 0.717) is 18.2 Å². The maximum Gasteiger partial charge on any atom is 0.255 e. The summed E-state index contributed by atoms with van der Waals surface area (Å²) in [5.74, 6) is 1.44. The van der Waals surface area contributed by atoms with E-state index in [1.165, 1.54) is 0 Å². The molecule has 0 aliphatic rings. The van der Waals surface area contributed by atoms with E-state index in [4.69, 9.17) is 15.2 Å². The van der Waals surface area contributed by atoms with Crippen molar-refractivity contribution in [3.8, 4) is 5.75 Å². The number of hydrogen-bond donors (Lipinski definition) is 3. The zero-order valence-corrected chi connectivity index (χ0v) is 16.1. The number of benzene rings is 1. The number of nitrogens with two attached hydrogens (primary N) is 1. The molecule has 0 spiro atoms. The first-order valence-electron chi connectivity index (χ1n) is 9.11. The minimum absolute atomic E-state index is 0.129. The summed E-state index contributed by atoms with van der Waals surface area (Å²) in [5.41, 5.74) is 6.08. The highest BCUT2D eigenvalue weighted by Crippen LogP contribution is 2.13. The van der Waals surface area contributed by atoms with Crippen LogP contribution in [0, 0.1) is 5.92 Å². The van der Waals surface area contributed by atoms with Crippen LogP contribution in [0.5, 0.6) is 5.75 Å². The Bertz CT molecular complexity index is 561. The molecule has 0 heterocycles. The van der Waals surface area contributed by atoms with Gasteiger partial charge >= 0.3 is 0 Å². The van der Waals surface area contributed by atoms with Crippen LogP contribution in [0.25, 0.3) is 0 Å². The summed E-state index contributed by atoms with van der Waals surface area (Å²) >= 11 is 0. The Morgan fingerprint density at radius 1 is 1.31 bits per heavy atom. The minimum atomic E-state index is -0.496. The molecule has 1 amide bonds. The van der Waals surface area contributed by atoms with Gasteiger partial charge in [-0.2, -0.15) is 0 Å². The van der Waals surface area contributed by atoms with Crippen molar-refractivity contribution in [2.24, 2.45) is 16.6 Å². The van der Waals surface area contributed by atoms with E-state index in [1.807, 2.05) is 25.1 Å². The summed E-state index contributed by atoms with van der Waals surface area (Å²) in [5, 5.41) is 6.52. The predicted octanol–water partition coefficient (Wildman–Crippen LogP) is 1.67. The Balaban J connectivity index is 2.45. The van der Waals surface area contributed by atoms with Crippen LogP contribution < -0.4 is 21.1 Å². The fourth-order valence-corrected chi connectivity index (χ4v) is 2.10. The largest absolute Gasteiger partial charge is 0.484 e. The molecule has 4 N–H and O–H groups in total. The van der Waals surface area contributed by atoms with E-state index in [2.05, 4.69) is 29.5 Å². The Labute approximate surface area is 156 Å². The van der Waals surface area contributed by atoms with E-state index < -0.39 is 5.91 Å². The molecule has 0 unspecified atom stereocenters. The highest BCUT2D eigenvalue weighted by molar-refractivity contribution is 5.79. The van der Waals surface area contributed by atoms with Gasteiger partial charge in [0.25, 0.3) is 5.91 Å². The number of amides is 1. The molecule has 0 bridgehead atoms. The molecule has 0 aliphatic heterocycles. The van der Waals surface area contributed by atoms with E-state index in [-0.39, 0.29) is 6.61 Å². The zero-order valence-electron chi connectivity index (χ0n) is 16.1. The van der Waals surface area contributed by atoms with Gasteiger partial charge in [0.2, 0.25) is 0 Å². The molecule has 0 fully saturated rings. The smallest absolute Gasteiger partial charge is 0.255 e. The van der Waals surface area contributed by atoms with Crippen molar-refractivity contribution < 1.29 is 14.3 Å². The Morgan fingerprint density at radius 2 is 2.12 bits per heavy atom. The van der Waals surface area contributed by atoms with Crippen molar-refractivity contribution in [1.29, 1.82) is 0 Å². The van der Waals surface area contributed by atoms with Gasteiger partial charge in [-0.1, -0.05) is 26.0 Å². The summed E-state index contributed by atoms with van der Waals surface area (Å²) in [7, 11) is 0. The van der Waals surface area contributed by atoms with Gasteiger partial charge in [0.05, 0.1) is 6.54 Å². The average Bonchev–Trinajstić information content (AvgIpc) is 2.60. The third-order valence-electron chi connectivity index (χ3n) is 3.25. The van der Waals surface area contributed by atoms with E-state index in [9.17, 15) is 4.79 Å². The molecular formula is C19H32N4O3. The Morgan fingerprint density at radius 3 is 2.81 bits per heavy atom. The van der Waals surface area contributed by atoms with Gasteiger partial charge in [-0.15, -0.1) is 0 Å². The second-order valence-corrected chi connectivity index (χ2v) is 6.35. The van der Waals surface area contributed by atoms with Gasteiger partial charge in [0, 0.05) is 26.3 Å². The van der Waals surface area contributed by atoms with Gasteiger partial charge in [-0.3, -0.25) is 4.79 Å². The van der Waals surface area contributed by atoms with Crippen LogP contribution >= 0.6 is 0 Å². The monoisotopic (exact) mass is 364 g/mol. The molecule has 7 nitrogen and oxygen atoms in total. The molecule has 0 atom stereocenters. The molecule has 26 heavy (non-hydrogen) atoms. The first-order chi connectivity index (χ1) is 12.5. The number of nitrogens with zero attached hydrogens (tertiary/aromatic N) is 1. The fraction of sp³-hybridized carbons (Fsp3) is 0.579. The van der Waals surface area contributed by atoms with Crippen LogP contribution in [0.15, 0.2) is 29.3 Å². The molecule has 0 saturated heterocycles. The molecule has 0 aromatic heterocycles. The lowest BCUT2D eigenvalue weighted by Gasteiger charge is -2.12. The van der Waals surface area contributed by atoms with Crippen molar-refractivity contribution in [2.75, 3.05) is 32.9 Å². The number of carbonyl (C=O) groups excluding carboxylic acids is 1. The summed E-state index contributed by atoms with van der Waals surface area (Å²) in [6.45, 7) is 9.81. The number of carbonyl (C=O) groups is 1. The van der Waals surface area contributed by atoms with Crippen LogP contribution in [-0.2, 0) is 16.1 Å². The van der Waals surface area contributed by atoms with Crippen LogP contribution in [-0.4, -0.2) is 44.8 Å². The normalized spacial score (nSPS) is 11.5. The number of guanidine groups is 1. The Kier molecular flexibility index (Phi) is 10.9. The fourth-order valence-electron chi connectivity index (χ4n) is 2.10. The lowest BCUT2D eigenvalue weighted by molar-refractivity contribution is -0.119. The van der Waals surface area contributed by atoms with Crippen molar-refractivity contribution >= 4 is 11.9 Å². The van der Waals surface area contributed by atoms with Crippen molar-refractivity contribution in [3.05, 3.63) is 29.8 Å². The van der Waals surface area contributed by atoms with Gasteiger partial charge in [-0.25, -0.2) is 4.99 Å². The molecule has 1 aromatic carbocycles. The summed E-state index contributed by atoms with van der Waals surface area (Å²) in [6, 6.07) is 7.48. The van der Waals surface area contributed by atoms with E-state index >= 15 is 0 Å². The van der Waals surface area contributed by atoms with Crippen molar-refractivity contribution in [2.45, 2.75) is 33.7 Å². The lowest BCUT2D eigenvalue weighted by Crippen LogP contribution is -2.38. The van der Waals surface area contributed by atoms with Crippen molar-refractivity contribution in [3.63, 3.8) is 0 Å². The van der Waals surface area contributed by atoms with Gasteiger partial charge in [-0.05, 0) is 37.0 Å². The van der Waals surface area contributed by atoms with Crippen LogP contribution in [0.3, 0.4) is 0 Å². The second kappa shape index (κ2) is 13.0. The molecule has 0 saturated carbocycles. The predicted molar refractivity (Wildman–Crippen MR) is 104 cm³/mol. The number of nitrogens with one attached hydrogen (secondary N) is 2. The average molecular weight is 364 g/mol. The number of hydrogen-bond acceptors (Lipinski definition) is 4. The topological polar surface area (TPSA) is 98.0 Å². The van der Waals surface area contributed by atoms with Gasteiger partial charge in [0.1, 0.15) is 5.75 Å². The standard InChI is InChI=1S/C19H32N4O3/c1-4-21-19(22-9-6-10-25-13-15(2)3)23-12-16-7-5-8-17(11-16)26-14-18(20)24/h5,7-8,11,15H,4,6,9-10,12-14H2,1-3H3,(H2,20,24)(H2,21,22,23). The summed E-state index contributed by atoms with van der Waals surface area (Å²) in [4.78, 5) is 15.4. The van der Waals surface area contributed by atoms with Crippen molar-refractivity contribution in [1.82, 2.24) is 10.6 Å². The third kappa shape index (κ3) is 10.6. The summed E-state index contributed by atoms with van der Waals surface area (Å²) in [6.07, 6.45) is 0.924. The van der Waals surface area contributed by atoms with Gasteiger partial charge < -0.3 is 25.8 Å². The van der Waals surface area contributed by atoms with Crippen LogP contribution in [0.1, 0.15) is 32.8 Å². The quantitative estimate of drug-likeness (QED) is 0.298. The van der Waals surface area contributed by atoms with E-state index in [1.54, 1.807) is 6.07 Å². The molecule has 1 rings (SSSR count). The number of ether oxygens (including phenoxy) is 2. The zero-order chi connectivity index (χ0) is 19.2. The SMILES string of the molecule is CCNC(=NCc1cccc(OCC(N)=O)c1)NCCCOCC(C)C. The Hall–Kier alpha value is -2.28. The highest BCUT2D eigenvalue weighted by atomic mass is 16.5. The first kappa shape index (κ1) is 21.8. The van der Waals surface area contributed by atoms with Crippen LogP contribution in [0.4, 0.5) is 0 Å². The number of rotatable bonds is 12. The molecule has 146 valence electrons. The van der Waals surface area contributed by atoms with Gasteiger partial charge in [0.15, 0.2) is 12.6 Å². The molecule has 0 aliphatic carbocycles. The third-order valence-corrected chi connectivity index (χ3v) is 3.25. The molecule has 1 aromatic rings. The molecule has 0 radical (unpaired) electrons.